The van der Waals surface area contributed by atoms with Gasteiger partial charge in [-0.1, -0.05) is 0 Å². The van der Waals surface area contributed by atoms with E-state index in [9.17, 15) is 15.0 Å². The van der Waals surface area contributed by atoms with E-state index >= 15 is 0 Å². The summed E-state index contributed by atoms with van der Waals surface area (Å²) in [6.07, 6.45) is 2.10. The van der Waals surface area contributed by atoms with Gasteiger partial charge in [0, 0.05) is 12.3 Å². The second-order valence-corrected chi connectivity index (χ2v) is 4.66. The number of aliphatic imine (C=N–C) groups is 1. The van der Waals surface area contributed by atoms with Gasteiger partial charge in [-0.05, 0) is 18.9 Å². The Morgan fingerprint density at radius 2 is 2.21 bits per heavy atom. The molecule has 0 bridgehead atoms. The lowest BCUT2D eigenvalue weighted by Crippen LogP contribution is -2.41. The van der Waals surface area contributed by atoms with E-state index in [1.54, 1.807) is 6.21 Å². The van der Waals surface area contributed by atoms with Crippen LogP contribution in [-0.4, -0.2) is 46.6 Å². The number of phenolic OH excluding ortho intramolecular Hbond substituents is 1. The van der Waals surface area contributed by atoms with E-state index in [-0.39, 0.29) is 23.4 Å². The monoisotopic (exact) mass is 262 g/mol. The van der Waals surface area contributed by atoms with Crippen LogP contribution in [0.1, 0.15) is 23.2 Å². The molecule has 2 heterocycles. The zero-order valence-corrected chi connectivity index (χ0v) is 10.4. The molecular weight excluding hydrogens is 248 g/mol. The summed E-state index contributed by atoms with van der Waals surface area (Å²) in [5, 5.41) is 19.6. The Morgan fingerprint density at radius 3 is 2.95 bits per heavy atom. The van der Waals surface area contributed by atoms with Gasteiger partial charge in [0.2, 0.25) is 0 Å². The highest BCUT2D eigenvalue weighted by Crippen LogP contribution is 2.37. The number of hydrogen-bond acceptors (Lipinski definition) is 5. The topological polar surface area (TPSA) is 82.4 Å². The molecule has 3 rings (SSSR count). The molecule has 100 valence electrons. The van der Waals surface area contributed by atoms with Gasteiger partial charge in [0.1, 0.15) is 6.23 Å². The van der Waals surface area contributed by atoms with Crippen LogP contribution in [0.5, 0.6) is 11.5 Å². The molecule has 19 heavy (non-hydrogen) atoms. The van der Waals surface area contributed by atoms with E-state index < -0.39 is 6.23 Å². The zero-order chi connectivity index (χ0) is 13.6. The molecule has 0 saturated carbocycles. The lowest BCUT2D eigenvalue weighted by Gasteiger charge is -2.24. The SMILES string of the molecule is COc1cc2c(cc1O)N=C[C@H]1CC[C@H](O)N1C2=O. The number of carbonyl (C=O) groups is 1. The number of benzene rings is 1. The first-order valence-corrected chi connectivity index (χ1v) is 6.07. The first-order valence-electron chi connectivity index (χ1n) is 6.07. The minimum absolute atomic E-state index is 0.0613. The summed E-state index contributed by atoms with van der Waals surface area (Å²) < 4.78 is 5.00. The number of aromatic hydroxyl groups is 1. The summed E-state index contributed by atoms with van der Waals surface area (Å²) >= 11 is 0. The third kappa shape index (κ3) is 1.76. The standard InChI is InChI=1S/C13H14N2O4/c1-19-11-4-8-9(5-10(11)16)14-6-7-2-3-12(17)15(7)13(8)18/h4-7,12,16-17H,2-3H2,1H3/t7-,12+/m1/s1. The number of aliphatic hydroxyl groups is 1. The molecule has 2 atom stereocenters. The number of nitrogens with zero attached hydrogens (tertiary/aromatic N) is 2. The van der Waals surface area contributed by atoms with Crippen LogP contribution in [-0.2, 0) is 0 Å². The Morgan fingerprint density at radius 1 is 1.42 bits per heavy atom. The minimum Gasteiger partial charge on any atom is -0.504 e. The van der Waals surface area contributed by atoms with Gasteiger partial charge in [0.05, 0.1) is 24.4 Å². The van der Waals surface area contributed by atoms with Gasteiger partial charge in [-0.15, -0.1) is 0 Å². The fourth-order valence-electron chi connectivity index (χ4n) is 2.56. The maximum atomic E-state index is 12.5. The fraction of sp³-hybridized carbons (Fsp3) is 0.385. The van der Waals surface area contributed by atoms with Gasteiger partial charge in [-0.3, -0.25) is 9.79 Å². The van der Waals surface area contributed by atoms with Gasteiger partial charge in [0.25, 0.3) is 5.91 Å². The van der Waals surface area contributed by atoms with Crippen molar-refractivity contribution in [2.45, 2.75) is 25.1 Å². The van der Waals surface area contributed by atoms with Gasteiger partial charge in [-0.2, -0.15) is 0 Å². The second kappa shape index (κ2) is 4.24. The Bertz CT molecular complexity index is 570. The number of methoxy groups -OCH3 is 1. The highest BCUT2D eigenvalue weighted by atomic mass is 16.5. The fourth-order valence-corrected chi connectivity index (χ4v) is 2.56. The number of aliphatic hydroxyl groups excluding tert-OH is 1. The maximum Gasteiger partial charge on any atom is 0.258 e. The van der Waals surface area contributed by atoms with E-state index in [1.807, 2.05) is 0 Å². The number of amides is 1. The largest absolute Gasteiger partial charge is 0.504 e. The van der Waals surface area contributed by atoms with Crippen molar-refractivity contribution in [3.63, 3.8) is 0 Å². The minimum atomic E-state index is -0.783. The van der Waals surface area contributed by atoms with E-state index in [1.165, 1.54) is 24.1 Å². The van der Waals surface area contributed by atoms with Gasteiger partial charge in [-0.25, -0.2) is 0 Å². The molecular formula is C13H14N2O4. The van der Waals surface area contributed by atoms with Crippen LogP contribution >= 0.6 is 0 Å². The summed E-state index contributed by atoms with van der Waals surface area (Å²) in [5.41, 5.74) is 0.722. The molecule has 0 aromatic heterocycles. The molecule has 1 fully saturated rings. The third-order valence-electron chi connectivity index (χ3n) is 3.55. The summed E-state index contributed by atoms with van der Waals surface area (Å²) in [4.78, 5) is 18.1. The predicted molar refractivity (Wildman–Crippen MR) is 68.0 cm³/mol. The van der Waals surface area contributed by atoms with Crippen LogP contribution in [0.3, 0.4) is 0 Å². The van der Waals surface area contributed by atoms with Crippen molar-refractivity contribution in [2.24, 2.45) is 4.99 Å². The summed E-state index contributed by atoms with van der Waals surface area (Å²) in [5.74, 6) is -0.135. The lowest BCUT2D eigenvalue weighted by atomic mass is 10.1. The molecule has 1 aromatic carbocycles. The third-order valence-corrected chi connectivity index (χ3v) is 3.55. The van der Waals surface area contributed by atoms with E-state index in [4.69, 9.17) is 4.74 Å². The van der Waals surface area contributed by atoms with Gasteiger partial charge in [0.15, 0.2) is 11.5 Å². The summed E-state index contributed by atoms with van der Waals surface area (Å²) in [7, 11) is 1.42. The van der Waals surface area contributed by atoms with E-state index in [0.29, 0.717) is 24.1 Å². The quantitative estimate of drug-likeness (QED) is 0.792. The molecule has 0 aliphatic carbocycles. The molecule has 1 saturated heterocycles. The van der Waals surface area contributed by atoms with Crippen LogP contribution in [0.25, 0.3) is 0 Å². The van der Waals surface area contributed by atoms with Crippen molar-refractivity contribution in [3.8, 4) is 11.5 Å². The van der Waals surface area contributed by atoms with Crippen LogP contribution < -0.4 is 4.74 Å². The molecule has 6 nitrogen and oxygen atoms in total. The first-order chi connectivity index (χ1) is 9.11. The molecule has 2 aliphatic heterocycles. The normalized spacial score (nSPS) is 24.9. The lowest BCUT2D eigenvalue weighted by molar-refractivity contribution is 0.0247. The zero-order valence-electron chi connectivity index (χ0n) is 10.4. The Hall–Kier alpha value is -2.08. The van der Waals surface area contributed by atoms with Crippen molar-refractivity contribution >= 4 is 17.8 Å². The number of fused-ring (bicyclic) bond motifs is 2. The Labute approximate surface area is 109 Å². The Kier molecular flexibility index (Phi) is 2.67. The van der Waals surface area contributed by atoms with Crippen molar-refractivity contribution in [3.05, 3.63) is 17.7 Å². The smallest absolute Gasteiger partial charge is 0.258 e. The molecule has 2 N–H and O–H groups in total. The van der Waals surface area contributed by atoms with Gasteiger partial charge >= 0.3 is 0 Å². The number of rotatable bonds is 1. The second-order valence-electron chi connectivity index (χ2n) is 4.66. The Balaban J connectivity index is 2.12. The number of ether oxygens (including phenoxy) is 1. The van der Waals surface area contributed by atoms with Crippen LogP contribution in [0.2, 0.25) is 0 Å². The van der Waals surface area contributed by atoms with Crippen molar-refractivity contribution in [1.82, 2.24) is 4.90 Å². The predicted octanol–water partition coefficient (Wildman–Crippen LogP) is 1.04. The molecule has 0 radical (unpaired) electrons. The summed E-state index contributed by atoms with van der Waals surface area (Å²) in [6, 6.07) is 2.66. The van der Waals surface area contributed by atoms with Crippen LogP contribution in [0, 0.1) is 0 Å². The van der Waals surface area contributed by atoms with Crippen molar-refractivity contribution < 1.29 is 19.7 Å². The molecule has 6 heteroatoms. The average molecular weight is 262 g/mol. The van der Waals surface area contributed by atoms with E-state index in [0.717, 1.165) is 0 Å². The first kappa shape index (κ1) is 12.0. The highest BCUT2D eigenvalue weighted by Gasteiger charge is 2.38. The number of phenols is 1. The molecule has 0 spiro atoms. The molecule has 1 aromatic rings. The van der Waals surface area contributed by atoms with Crippen molar-refractivity contribution in [2.75, 3.05) is 7.11 Å². The maximum absolute atomic E-state index is 12.5. The average Bonchev–Trinajstić information content (AvgIpc) is 2.70. The van der Waals surface area contributed by atoms with Crippen molar-refractivity contribution in [1.29, 1.82) is 0 Å². The summed E-state index contributed by atoms with van der Waals surface area (Å²) in [6.45, 7) is 0. The number of carbonyl (C=O) groups excluding carboxylic acids is 1. The number of hydrogen-bond donors (Lipinski definition) is 2. The molecule has 2 aliphatic rings. The van der Waals surface area contributed by atoms with Crippen LogP contribution in [0.15, 0.2) is 17.1 Å². The van der Waals surface area contributed by atoms with E-state index in [2.05, 4.69) is 4.99 Å². The van der Waals surface area contributed by atoms with Crippen LogP contribution in [0.4, 0.5) is 5.69 Å². The van der Waals surface area contributed by atoms with Gasteiger partial charge < -0.3 is 19.8 Å². The molecule has 1 amide bonds. The molecule has 0 unspecified atom stereocenters. The highest BCUT2D eigenvalue weighted by molar-refractivity contribution is 6.03.